The van der Waals surface area contributed by atoms with E-state index in [1.165, 1.54) is 0 Å². The number of carbonyl (C=O) groups excluding carboxylic acids is 2. The van der Waals surface area contributed by atoms with Crippen LogP contribution in [0.4, 0.5) is 0 Å². The molecule has 0 saturated carbocycles. The van der Waals surface area contributed by atoms with Gasteiger partial charge in [0, 0.05) is 26.1 Å². The summed E-state index contributed by atoms with van der Waals surface area (Å²) < 4.78 is 1.12. The monoisotopic (exact) mass is 362 g/mol. The van der Waals surface area contributed by atoms with E-state index in [1.807, 2.05) is 42.5 Å². The number of carbonyl (C=O) groups is 2. The molecule has 1 aliphatic rings. The summed E-state index contributed by atoms with van der Waals surface area (Å²) in [5.74, 6) is -0.0224. The number of ketones is 2. The van der Waals surface area contributed by atoms with Gasteiger partial charge in [-0.2, -0.15) is 0 Å². The summed E-state index contributed by atoms with van der Waals surface area (Å²) in [6, 6.07) is 17.1. The molecule has 0 saturated heterocycles. The maximum atomic E-state index is 13.3. The van der Waals surface area contributed by atoms with E-state index in [9.17, 15) is 9.59 Å². The predicted octanol–water partition coefficient (Wildman–Crippen LogP) is 4.74. The Bertz CT molecular complexity index is 1010. The first-order valence-electron chi connectivity index (χ1n) is 8.30. The molecule has 1 heterocycles. The summed E-state index contributed by atoms with van der Waals surface area (Å²) in [6.45, 7) is 6.68. The molecule has 1 aliphatic carbocycles. The van der Waals surface area contributed by atoms with Gasteiger partial charge in [0.25, 0.3) is 0 Å². The SMILES string of the molecule is C[Si](C)(C)c1sc(-c2ccccc2)c2c1C(=O)c1ccccc1C2=O. The van der Waals surface area contributed by atoms with Crippen molar-refractivity contribution in [3.8, 4) is 10.4 Å². The summed E-state index contributed by atoms with van der Waals surface area (Å²) in [4.78, 5) is 27.4. The lowest BCUT2D eigenvalue weighted by Gasteiger charge is -2.20. The first-order chi connectivity index (χ1) is 11.9. The number of thiophene rings is 1. The van der Waals surface area contributed by atoms with Crippen molar-refractivity contribution in [2.45, 2.75) is 19.6 Å². The Morgan fingerprint density at radius 3 is 1.80 bits per heavy atom. The largest absolute Gasteiger partial charge is 0.289 e. The average Bonchev–Trinajstić information content (AvgIpc) is 3.02. The smallest absolute Gasteiger partial charge is 0.195 e. The summed E-state index contributed by atoms with van der Waals surface area (Å²) in [7, 11) is -1.77. The minimum atomic E-state index is -1.77. The third-order valence-corrected chi connectivity index (χ3v) is 9.30. The normalized spacial score (nSPS) is 13.6. The molecule has 0 spiro atoms. The van der Waals surface area contributed by atoms with Gasteiger partial charge in [-0.15, -0.1) is 11.3 Å². The molecular weight excluding hydrogens is 344 g/mol. The Balaban J connectivity index is 2.08. The van der Waals surface area contributed by atoms with Crippen molar-refractivity contribution >= 4 is 35.5 Å². The molecule has 124 valence electrons. The van der Waals surface area contributed by atoms with Crippen LogP contribution in [0.2, 0.25) is 19.6 Å². The zero-order valence-electron chi connectivity index (χ0n) is 14.4. The minimum Gasteiger partial charge on any atom is -0.289 e. The fourth-order valence-corrected chi connectivity index (χ4v) is 6.90. The minimum absolute atomic E-state index is 0.000978. The van der Waals surface area contributed by atoms with Gasteiger partial charge in [0.15, 0.2) is 11.6 Å². The number of benzene rings is 2. The van der Waals surface area contributed by atoms with E-state index in [0.717, 1.165) is 14.9 Å². The molecule has 3 aromatic rings. The van der Waals surface area contributed by atoms with E-state index >= 15 is 0 Å². The van der Waals surface area contributed by atoms with Crippen LogP contribution >= 0.6 is 11.3 Å². The molecule has 2 nitrogen and oxygen atoms in total. The van der Waals surface area contributed by atoms with Crippen molar-refractivity contribution in [1.29, 1.82) is 0 Å². The van der Waals surface area contributed by atoms with E-state index in [2.05, 4.69) is 19.6 Å². The van der Waals surface area contributed by atoms with Gasteiger partial charge in [0.05, 0.1) is 13.6 Å². The van der Waals surface area contributed by atoms with Crippen molar-refractivity contribution in [1.82, 2.24) is 0 Å². The molecule has 0 fully saturated rings. The van der Waals surface area contributed by atoms with E-state index in [-0.39, 0.29) is 11.6 Å². The van der Waals surface area contributed by atoms with Crippen molar-refractivity contribution in [2.75, 3.05) is 0 Å². The van der Waals surface area contributed by atoms with Gasteiger partial charge in [0.2, 0.25) is 0 Å². The molecule has 0 unspecified atom stereocenters. The lowest BCUT2D eigenvalue weighted by Crippen LogP contribution is -2.40. The summed E-state index contributed by atoms with van der Waals surface area (Å²) in [5, 5.41) is 0. The standard InChI is InChI=1S/C21H18O2SSi/c1-25(2,3)21-17-16(20(24-21)13-9-5-4-6-10-13)18(22)14-11-7-8-12-15(14)19(17)23/h4-12H,1-3H3. The molecule has 4 rings (SSSR count). The predicted molar refractivity (Wildman–Crippen MR) is 106 cm³/mol. The van der Waals surface area contributed by atoms with Crippen LogP contribution in [-0.2, 0) is 0 Å². The van der Waals surface area contributed by atoms with Crippen molar-refractivity contribution in [3.63, 3.8) is 0 Å². The van der Waals surface area contributed by atoms with Gasteiger partial charge in [-0.3, -0.25) is 9.59 Å². The Morgan fingerprint density at radius 2 is 1.24 bits per heavy atom. The van der Waals surface area contributed by atoms with Crippen LogP contribution in [0.3, 0.4) is 0 Å². The van der Waals surface area contributed by atoms with E-state index in [0.29, 0.717) is 22.3 Å². The number of hydrogen-bond acceptors (Lipinski definition) is 3. The molecule has 4 heteroatoms. The van der Waals surface area contributed by atoms with E-state index < -0.39 is 8.07 Å². The molecule has 0 N–H and O–H groups in total. The van der Waals surface area contributed by atoms with Crippen molar-refractivity contribution in [3.05, 3.63) is 76.9 Å². The Hall–Kier alpha value is -2.30. The maximum Gasteiger partial charge on any atom is 0.195 e. The lowest BCUT2D eigenvalue weighted by atomic mass is 9.84. The topological polar surface area (TPSA) is 34.1 Å². The summed E-state index contributed by atoms with van der Waals surface area (Å²) in [6.07, 6.45) is 0. The van der Waals surface area contributed by atoms with Crippen LogP contribution in [-0.4, -0.2) is 19.6 Å². The van der Waals surface area contributed by atoms with Gasteiger partial charge in [-0.25, -0.2) is 0 Å². The maximum absolute atomic E-state index is 13.3. The second-order valence-corrected chi connectivity index (χ2v) is 13.7. The highest BCUT2D eigenvalue weighted by atomic mass is 32.1. The highest BCUT2D eigenvalue weighted by Gasteiger charge is 2.39. The molecule has 0 radical (unpaired) electrons. The average molecular weight is 363 g/mol. The van der Waals surface area contributed by atoms with Gasteiger partial charge in [-0.05, 0) is 5.56 Å². The molecule has 2 aromatic carbocycles. The van der Waals surface area contributed by atoms with Gasteiger partial charge in [0.1, 0.15) is 0 Å². The lowest BCUT2D eigenvalue weighted by molar-refractivity contribution is 0.0981. The zero-order valence-corrected chi connectivity index (χ0v) is 16.2. The first-order valence-corrected chi connectivity index (χ1v) is 12.6. The molecule has 1 aromatic heterocycles. The molecule has 25 heavy (non-hydrogen) atoms. The van der Waals surface area contributed by atoms with E-state index in [1.54, 1.807) is 23.5 Å². The van der Waals surface area contributed by atoms with Crippen LogP contribution in [0.15, 0.2) is 54.6 Å². The van der Waals surface area contributed by atoms with Crippen LogP contribution < -0.4 is 4.50 Å². The Morgan fingerprint density at radius 1 is 0.720 bits per heavy atom. The number of hydrogen-bond donors (Lipinski definition) is 0. The highest BCUT2D eigenvalue weighted by Crippen LogP contribution is 2.39. The van der Waals surface area contributed by atoms with Crippen LogP contribution in [0.1, 0.15) is 31.8 Å². The van der Waals surface area contributed by atoms with Gasteiger partial charge >= 0.3 is 0 Å². The first kappa shape index (κ1) is 16.2. The second-order valence-electron chi connectivity index (χ2n) is 7.33. The third-order valence-electron chi connectivity index (χ3n) is 4.50. The fourth-order valence-electron chi connectivity index (χ4n) is 3.33. The van der Waals surface area contributed by atoms with Crippen LogP contribution in [0.5, 0.6) is 0 Å². The van der Waals surface area contributed by atoms with Crippen LogP contribution in [0, 0.1) is 0 Å². The number of fused-ring (bicyclic) bond motifs is 2. The quantitative estimate of drug-likeness (QED) is 0.483. The summed E-state index contributed by atoms with van der Waals surface area (Å²) >= 11 is 1.63. The zero-order chi connectivity index (χ0) is 17.8. The highest BCUT2D eigenvalue weighted by molar-refractivity contribution is 7.29. The Labute approximate surface area is 152 Å². The van der Waals surface area contributed by atoms with Gasteiger partial charge in [-0.1, -0.05) is 74.2 Å². The third kappa shape index (κ3) is 2.44. The summed E-state index contributed by atoms with van der Waals surface area (Å²) in [5.41, 5.74) is 3.34. The molecule has 0 bridgehead atoms. The Kier molecular flexibility index (Phi) is 3.63. The van der Waals surface area contributed by atoms with Crippen LogP contribution in [0.25, 0.3) is 10.4 Å². The molecule has 0 amide bonds. The van der Waals surface area contributed by atoms with Crippen molar-refractivity contribution < 1.29 is 9.59 Å². The van der Waals surface area contributed by atoms with E-state index in [4.69, 9.17) is 0 Å². The van der Waals surface area contributed by atoms with Crippen molar-refractivity contribution in [2.24, 2.45) is 0 Å². The fraction of sp³-hybridized carbons (Fsp3) is 0.143. The molecular formula is C21H18O2SSi. The molecule has 0 atom stereocenters. The number of rotatable bonds is 2. The molecule has 0 aliphatic heterocycles. The van der Waals surface area contributed by atoms with Gasteiger partial charge < -0.3 is 0 Å². The second kappa shape index (κ2) is 5.61.